The maximum atomic E-state index is 6.22. The first kappa shape index (κ1) is 12.9. The Bertz CT molecular complexity index is 727. The lowest BCUT2D eigenvalue weighted by atomic mass is 10.1. The minimum absolute atomic E-state index is 0.369. The normalized spacial score (nSPS) is 10.8. The van der Waals surface area contributed by atoms with Crippen LogP contribution in [-0.2, 0) is 0 Å². The Morgan fingerprint density at radius 2 is 1.55 bits per heavy atom. The van der Waals surface area contributed by atoms with Crippen molar-refractivity contribution >= 4 is 11.6 Å². The highest BCUT2D eigenvalue weighted by Crippen LogP contribution is 2.26. The summed E-state index contributed by atoms with van der Waals surface area (Å²) in [4.78, 5) is 0. The van der Waals surface area contributed by atoms with E-state index in [1.165, 1.54) is 11.1 Å². The highest BCUT2D eigenvalue weighted by atomic mass is 35.5. The van der Waals surface area contributed by atoms with Gasteiger partial charge in [-0.25, -0.2) is 0 Å². The van der Waals surface area contributed by atoms with Crippen molar-refractivity contribution in [2.45, 2.75) is 13.8 Å². The summed E-state index contributed by atoms with van der Waals surface area (Å²) in [6, 6.07) is 16.2. The van der Waals surface area contributed by atoms with Crippen LogP contribution >= 0.6 is 11.6 Å². The third kappa shape index (κ3) is 2.32. The summed E-state index contributed by atoms with van der Waals surface area (Å²) in [5, 5.41) is 8.58. The van der Waals surface area contributed by atoms with E-state index in [0.29, 0.717) is 5.28 Å². The number of hydrogen-bond acceptors (Lipinski definition) is 2. The molecule has 0 bridgehead atoms. The molecule has 20 heavy (non-hydrogen) atoms. The first-order valence-corrected chi connectivity index (χ1v) is 6.78. The number of benzene rings is 2. The summed E-state index contributed by atoms with van der Waals surface area (Å²) in [7, 11) is 0. The molecule has 0 spiro atoms. The van der Waals surface area contributed by atoms with Crippen molar-refractivity contribution in [3.05, 3.63) is 64.9 Å². The maximum Gasteiger partial charge on any atom is 0.229 e. The van der Waals surface area contributed by atoms with E-state index >= 15 is 0 Å². The highest BCUT2D eigenvalue weighted by molar-refractivity contribution is 6.28. The summed E-state index contributed by atoms with van der Waals surface area (Å²) in [5.74, 6) is 0.751. The van der Waals surface area contributed by atoms with Crippen molar-refractivity contribution in [3.8, 4) is 17.1 Å². The van der Waals surface area contributed by atoms with Crippen LogP contribution < -0.4 is 0 Å². The van der Waals surface area contributed by atoms with Crippen LogP contribution in [0.5, 0.6) is 0 Å². The summed E-state index contributed by atoms with van der Waals surface area (Å²) in [5.41, 5.74) is 4.34. The lowest BCUT2D eigenvalue weighted by Crippen LogP contribution is -1.99. The van der Waals surface area contributed by atoms with Crippen molar-refractivity contribution in [1.82, 2.24) is 14.8 Å². The van der Waals surface area contributed by atoms with Gasteiger partial charge in [0.2, 0.25) is 5.28 Å². The lowest BCUT2D eigenvalue weighted by Gasteiger charge is -2.10. The molecule has 3 aromatic rings. The fourth-order valence-corrected chi connectivity index (χ4v) is 2.56. The lowest BCUT2D eigenvalue weighted by molar-refractivity contribution is 1.05. The van der Waals surface area contributed by atoms with Gasteiger partial charge in [0.1, 0.15) is 0 Å². The van der Waals surface area contributed by atoms with Crippen molar-refractivity contribution < 1.29 is 0 Å². The number of aromatic nitrogens is 3. The zero-order valence-corrected chi connectivity index (χ0v) is 12.1. The monoisotopic (exact) mass is 283 g/mol. The maximum absolute atomic E-state index is 6.22. The van der Waals surface area contributed by atoms with Crippen LogP contribution in [-0.4, -0.2) is 14.8 Å². The van der Waals surface area contributed by atoms with E-state index in [1.54, 1.807) is 0 Å². The van der Waals surface area contributed by atoms with E-state index in [2.05, 4.69) is 42.2 Å². The molecular formula is C16H14ClN3. The van der Waals surface area contributed by atoms with Crippen molar-refractivity contribution in [2.75, 3.05) is 0 Å². The standard InChI is InChI=1S/C16H14ClN3/c1-11-8-12(2)10-14(9-11)20-15(18-19-16(20)17)13-6-4-3-5-7-13/h3-10H,1-2H3. The first-order chi connectivity index (χ1) is 9.65. The molecule has 2 aromatic carbocycles. The van der Waals surface area contributed by atoms with Gasteiger partial charge in [-0.1, -0.05) is 36.4 Å². The average Bonchev–Trinajstić information content (AvgIpc) is 2.80. The van der Waals surface area contributed by atoms with E-state index in [0.717, 1.165) is 17.1 Å². The highest BCUT2D eigenvalue weighted by Gasteiger charge is 2.14. The number of aryl methyl sites for hydroxylation is 2. The molecule has 1 heterocycles. The van der Waals surface area contributed by atoms with Gasteiger partial charge >= 0.3 is 0 Å². The molecule has 0 aliphatic rings. The molecule has 0 unspecified atom stereocenters. The zero-order chi connectivity index (χ0) is 14.1. The summed E-state index contributed by atoms with van der Waals surface area (Å²) >= 11 is 6.22. The smallest absolute Gasteiger partial charge is 0.229 e. The fraction of sp³-hybridized carbons (Fsp3) is 0.125. The quantitative estimate of drug-likeness (QED) is 0.705. The molecule has 0 radical (unpaired) electrons. The molecule has 0 fully saturated rings. The molecule has 0 amide bonds. The van der Waals surface area contributed by atoms with Gasteiger partial charge in [0.05, 0.1) is 5.69 Å². The van der Waals surface area contributed by atoms with Crippen LogP contribution in [0, 0.1) is 13.8 Å². The Labute approximate surface area is 122 Å². The minimum Gasteiger partial charge on any atom is -0.266 e. The molecule has 1 aromatic heterocycles. The van der Waals surface area contributed by atoms with Crippen LogP contribution in [0.25, 0.3) is 17.1 Å². The van der Waals surface area contributed by atoms with Gasteiger partial charge in [-0.15, -0.1) is 10.2 Å². The second kappa shape index (κ2) is 5.10. The Hall–Kier alpha value is -2.13. The molecule has 0 aliphatic heterocycles. The number of rotatable bonds is 2. The van der Waals surface area contributed by atoms with Gasteiger partial charge in [0, 0.05) is 5.56 Å². The van der Waals surface area contributed by atoms with Crippen molar-refractivity contribution in [1.29, 1.82) is 0 Å². The molecule has 0 saturated carbocycles. The van der Waals surface area contributed by atoms with Gasteiger partial charge < -0.3 is 0 Å². The molecule has 0 aliphatic carbocycles. The predicted octanol–water partition coefficient (Wildman–Crippen LogP) is 4.20. The predicted molar refractivity (Wildman–Crippen MR) is 81.3 cm³/mol. The topological polar surface area (TPSA) is 30.7 Å². The van der Waals surface area contributed by atoms with Gasteiger partial charge in [-0.3, -0.25) is 4.57 Å². The summed E-state index contributed by atoms with van der Waals surface area (Å²) < 4.78 is 1.87. The van der Waals surface area contributed by atoms with Crippen molar-refractivity contribution in [2.24, 2.45) is 0 Å². The Kier molecular flexibility index (Phi) is 3.28. The van der Waals surface area contributed by atoms with E-state index in [1.807, 2.05) is 34.9 Å². The number of hydrogen-bond donors (Lipinski definition) is 0. The Morgan fingerprint density at radius 1 is 0.900 bits per heavy atom. The second-order valence-electron chi connectivity index (χ2n) is 4.84. The van der Waals surface area contributed by atoms with E-state index in [9.17, 15) is 0 Å². The van der Waals surface area contributed by atoms with Gasteiger partial charge in [0.15, 0.2) is 5.82 Å². The second-order valence-corrected chi connectivity index (χ2v) is 5.18. The van der Waals surface area contributed by atoms with Gasteiger partial charge in [0.25, 0.3) is 0 Å². The molecule has 100 valence electrons. The first-order valence-electron chi connectivity index (χ1n) is 6.40. The molecule has 3 rings (SSSR count). The average molecular weight is 284 g/mol. The third-order valence-electron chi connectivity index (χ3n) is 3.12. The Morgan fingerprint density at radius 3 is 2.20 bits per heavy atom. The van der Waals surface area contributed by atoms with Gasteiger partial charge in [-0.2, -0.15) is 0 Å². The SMILES string of the molecule is Cc1cc(C)cc(-n2c(Cl)nnc2-c2ccccc2)c1. The largest absolute Gasteiger partial charge is 0.266 e. The van der Waals surface area contributed by atoms with Crippen molar-refractivity contribution in [3.63, 3.8) is 0 Å². The van der Waals surface area contributed by atoms with Crippen LogP contribution in [0.4, 0.5) is 0 Å². The molecule has 0 saturated heterocycles. The third-order valence-corrected chi connectivity index (χ3v) is 3.36. The van der Waals surface area contributed by atoms with Crippen LogP contribution in [0.3, 0.4) is 0 Å². The molecule has 0 N–H and O–H groups in total. The summed E-state index contributed by atoms with van der Waals surface area (Å²) in [6.07, 6.45) is 0. The van der Waals surface area contributed by atoms with Crippen LogP contribution in [0.2, 0.25) is 5.28 Å². The fourth-order valence-electron chi connectivity index (χ4n) is 2.35. The minimum atomic E-state index is 0.369. The van der Waals surface area contributed by atoms with E-state index in [-0.39, 0.29) is 0 Å². The number of nitrogens with zero attached hydrogens (tertiary/aromatic N) is 3. The molecule has 0 atom stereocenters. The van der Waals surface area contributed by atoms with E-state index < -0.39 is 0 Å². The molecular weight excluding hydrogens is 270 g/mol. The van der Waals surface area contributed by atoms with Crippen LogP contribution in [0.1, 0.15) is 11.1 Å². The molecule has 3 nitrogen and oxygen atoms in total. The molecule has 4 heteroatoms. The van der Waals surface area contributed by atoms with Crippen LogP contribution in [0.15, 0.2) is 48.5 Å². The summed E-state index contributed by atoms with van der Waals surface area (Å²) in [6.45, 7) is 4.13. The number of halogens is 1. The zero-order valence-electron chi connectivity index (χ0n) is 11.3. The van der Waals surface area contributed by atoms with Gasteiger partial charge in [-0.05, 0) is 48.7 Å². The van der Waals surface area contributed by atoms with E-state index in [4.69, 9.17) is 11.6 Å². The Balaban J connectivity index is 2.22.